The number of hydrogen-bond donors (Lipinski definition) is 0. The molecule has 23 heavy (non-hydrogen) atoms. The summed E-state index contributed by atoms with van der Waals surface area (Å²) in [4.78, 5) is 27.7. The van der Waals surface area contributed by atoms with Crippen LogP contribution in [0.25, 0.3) is 0 Å². The van der Waals surface area contributed by atoms with E-state index in [2.05, 4.69) is 33.6 Å². The van der Waals surface area contributed by atoms with Crippen LogP contribution in [0.1, 0.15) is 24.2 Å². The minimum atomic E-state index is 0.0296. The summed E-state index contributed by atoms with van der Waals surface area (Å²) in [5.74, 6) is 0.705. The molecule has 3 rings (SSSR count). The van der Waals surface area contributed by atoms with Gasteiger partial charge in [-0.2, -0.15) is 0 Å². The number of morpholine rings is 1. The molecule has 0 bridgehead atoms. The summed E-state index contributed by atoms with van der Waals surface area (Å²) in [5.41, 5.74) is 0.569. The zero-order chi connectivity index (χ0) is 16.2. The van der Waals surface area contributed by atoms with Gasteiger partial charge in [-0.1, -0.05) is 0 Å². The number of piperazine rings is 1. The lowest BCUT2D eigenvalue weighted by Gasteiger charge is -2.36. The van der Waals surface area contributed by atoms with Crippen molar-refractivity contribution < 1.29 is 9.53 Å². The molecule has 0 N–H and O–H groups in total. The Kier molecular flexibility index (Phi) is 5.07. The maximum absolute atomic E-state index is 12.6. The average Bonchev–Trinajstić information content (AvgIpc) is 2.62. The fourth-order valence-electron chi connectivity index (χ4n) is 2.98. The lowest BCUT2D eigenvalue weighted by molar-refractivity contribution is 0.0594. The number of ether oxygens (including phenoxy) is 1. The molecule has 2 saturated heterocycles. The Balaban J connectivity index is 1.59. The van der Waals surface area contributed by atoms with E-state index in [0.29, 0.717) is 30.8 Å². The van der Waals surface area contributed by atoms with Gasteiger partial charge in [-0.3, -0.25) is 9.69 Å². The molecule has 1 aromatic heterocycles. The van der Waals surface area contributed by atoms with Crippen molar-refractivity contribution in [3.63, 3.8) is 0 Å². The van der Waals surface area contributed by atoms with E-state index < -0.39 is 0 Å². The van der Waals surface area contributed by atoms with Gasteiger partial charge >= 0.3 is 0 Å². The molecular weight excluding hydrogens is 294 g/mol. The molecule has 1 aromatic rings. The first-order valence-corrected chi connectivity index (χ1v) is 8.33. The van der Waals surface area contributed by atoms with E-state index in [1.54, 1.807) is 12.4 Å². The quantitative estimate of drug-likeness (QED) is 0.807. The highest BCUT2D eigenvalue weighted by molar-refractivity contribution is 5.93. The minimum Gasteiger partial charge on any atom is -0.378 e. The van der Waals surface area contributed by atoms with E-state index in [9.17, 15) is 4.79 Å². The number of carbonyl (C=O) groups excluding carboxylic acids is 1. The third-order valence-electron chi connectivity index (χ3n) is 4.51. The average molecular weight is 319 g/mol. The third kappa shape index (κ3) is 3.79. The number of aromatic nitrogens is 2. The third-order valence-corrected chi connectivity index (χ3v) is 4.51. The van der Waals surface area contributed by atoms with Crippen molar-refractivity contribution in [3.05, 3.63) is 18.0 Å². The van der Waals surface area contributed by atoms with Crippen molar-refractivity contribution >= 4 is 11.9 Å². The van der Waals surface area contributed by atoms with Crippen LogP contribution in [-0.2, 0) is 4.74 Å². The van der Waals surface area contributed by atoms with Crippen molar-refractivity contribution in [2.45, 2.75) is 19.9 Å². The molecule has 126 valence electrons. The van der Waals surface area contributed by atoms with Gasteiger partial charge in [-0.15, -0.1) is 0 Å². The largest absolute Gasteiger partial charge is 0.378 e. The van der Waals surface area contributed by atoms with Gasteiger partial charge in [0.15, 0.2) is 0 Å². The summed E-state index contributed by atoms with van der Waals surface area (Å²) in [7, 11) is 0. The van der Waals surface area contributed by atoms with Crippen LogP contribution in [0.5, 0.6) is 0 Å². The smallest absolute Gasteiger partial charge is 0.257 e. The van der Waals surface area contributed by atoms with Crippen LogP contribution >= 0.6 is 0 Å². The van der Waals surface area contributed by atoms with Gasteiger partial charge in [0.2, 0.25) is 5.95 Å². The molecule has 2 aliphatic heterocycles. The molecule has 2 fully saturated rings. The highest BCUT2D eigenvalue weighted by atomic mass is 16.5. The summed E-state index contributed by atoms with van der Waals surface area (Å²) in [5, 5.41) is 0. The Morgan fingerprint density at radius 3 is 2.22 bits per heavy atom. The Bertz CT molecular complexity index is 520. The van der Waals surface area contributed by atoms with E-state index in [1.807, 2.05) is 4.90 Å². The molecule has 0 unspecified atom stereocenters. The molecule has 3 heterocycles. The van der Waals surface area contributed by atoms with Crippen LogP contribution in [0.15, 0.2) is 12.4 Å². The van der Waals surface area contributed by atoms with Crippen LogP contribution in [0.4, 0.5) is 5.95 Å². The molecule has 0 radical (unpaired) electrons. The summed E-state index contributed by atoms with van der Waals surface area (Å²) in [6.07, 6.45) is 3.30. The molecule has 0 saturated carbocycles. The highest BCUT2D eigenvalue weighted by Gasteiger charge is 2.24. The maximum atomic E-state index is 12.6. The Morgan fingerprint density at radius 1 is 1.04 bits per heavy atom. The van der Waals surface area contributed by atoms with Crippen LogP contribution in [0.3, 0.4) is 0 Å². The minimum absolute atomic E-state index is 0.0296. The van der Waals surface area contributed by atoms with E-state index in [0.717, 1.165) is 39.3 Å². The molecule has 1 amide bonds. The van der Waals surface area contributed by atoms with Gasteiger partial charge in [-0.25, -0.2) is 9.97 Å². The molecule has 7 heteroatoms. The molecular formula is C16H25N5O2. The Hall–Kier alpha value is -1.73. The van der Waals surface area contributed by atoms with E-state index in [1.165, 1.54) is 0 Å². The predicted molar refractivity (Wildman–Crippen MR) is 87.7 cm³/mol. The lowest BCUT2D eigenvalue weighted by atomic mass is 10.2. The molecule has 2 aliphatic rings. The fourth-order valence-corrected chi connectivity index (χ4v) is 2.98. The number of rotatable bonds is 3. The van der Waals surface area contributed by atoms with Crippen molar-refractivity contribution in [3.8, 4) is 0 Å². The van der Waals surface area contributed by atoms with Gasteiger partial charge in [0.05, 0.1) is 18.8 Å². The second-order valence-electron chi connectivity index (χ2n) is 6.29. The summed E-state index contributed by atoms with van der Waals surface area (Å²) in [6, 6.07) is 0.531. The first-order chi connectivity index (χ1) is 11.1. The van der Waals surface area contributed by atoms with E-state index >= 15 is 0 Å². The molecule has 0 spiro atoms. The SMILES string of the molecule is CC(C)N1CCN(C(=O)c2cnc(N3CCOCC3)nc2)CC1. The number of hydrogen-bond acceptors (Lipinski definition) is 6. The van der Waals surface area contributed by atoms with Gasteiger partial charge in [0, 0.05) is 57.7 Å². The maximum Gasteiger partial charge on any atom is 0.257 e. The monoisotopic (exact) mass is 319 g/mol. The zero-order valence-corrected chi connectivity index (χ0v) is 13.9. The summed E-state index contributed by atoms with van der Waals surface area (Å²) >= 11 is 0. The lowest BCUT2D eigenvalue weighted by Crippen LogP contribution is -2.50. The van der Waals surface area contributed by atoms with Crippen molar-refractivity contribution in [2.75, 3.05) is 57.4 Å². The van der Waals surface area contributed by atoms with Crippen molar-refractivity contribution in [1.82, 2.24) is 19.8 Å². The molecule has 0 aromatic carbocycles. The number of anilines is 1. The predicted octanol–water partition coefficient (Wildman–Crippen LogP) is 0.479. The normalized spacial score (nSPS) is 20.1. The Morgan fingerprint density at radius 2 is 1.65 bits per heavy atom. The molecule has 7 nitrogen and oxygen atoms in total. The second kappa shape index (κ2) is 7.23. The van der Waals surface area contributed by atoms with Crippen LogP contribution in [0, 0.1) is 0 Å². The molecule has 0 atom stereocenters. The number of amides is 1. The van der Waals surface area contributed by atoms with Crippen LogP contribution in [0.2, 0.25) is 0 Å². The number of nitrogens with zero attached hydrogens (tertiary/aromatic N) is 5. The summed E-state index contributed by atoms with van der Waals surface area (Å²) < 4.78 is 5.33. The topological polar surface area (TPSA) is 61.8 Å². The van der Waals surface area contributed by atoms with E-state index in [-0.39, 0.29) is 5.91 Å². The van der Waals surface area contributed by atoms with Crippen LogP contribution < -0.4 is 4.90 Å². The second-order valence-corrected chi connectivity index (χ2v) is 6.29. The van der Waals surface area contributed by atoms with Crippen molar-refractivity contribution in [2.24, 2.45) is 0 Å². The van der Waals surface area contributed by atoms with Gasteiger partial charge in [0.25, 0.3) is 5.91 Å². The molecule has 0 aliphatic carbocycles. The van der Waals surface area contributed by atoms with Crippen molar-refractivity contribution in [1.29, 1.82) is 0 Å². The zero-order valence-electron chi connectivity index (χ0n) is 13.9. The van der Waals surface area contributed by atoms with Gasteiger partial charge in [-0.05, 0) is 13.8 Å². The first kappa shape index (κ1) is 16.1. The van der Waals surface area contributed by atoms with E-state index in [4.69, 9.17) is 4.74 Å². The van der Waals surface area contributed by atoms with Gasteiger partial charge in [0.1, 0.15) is 0 Å². The number of carbonyl (C=O) groups is 1. The van der Waals surface area contributed by atoms with Crippen LogP contribution in [-0.4, -0.2) is 84.2 Å². The summed E-state index contributed by atoms with van der Waals surface area (Å²) in [6.45, 7) is 10.8. The standard InChI is InChI=1S/C16H25N5O2/c1-13(2)19-3-5-20(6-4-19)15(22)14-11-17-16(18-12-14)21-7-9-23-10-8-21/h11-13H,3-10H2,1-2H3. The first-order valence-electron chi connectivity index (χ1n) is 8.33. The highest BCUT2D eigenvalue weighted by Crippen LogP contribution is 2.13. The van der Waals surface area contributed by atoms with Gasteiger partial charge < -0.3 is 14.5 Å². The Labute approximate surface area is 137 Å². The fraction of sp³-hybridized carbons (Fsp3) is 0.688.